The standard InChI is InChI=1S/C20H16FN3O5S/c21-15-6-8-16(9-7-15)22-20(25)14-23(17-10-12-18(13-11-17)24(26)27)30(28,29)19-4-2-1-3-5-19/h1-13H,14H2,(H,22,25). The number of rotatable bonds is 7. The first-order valence-electron chi connectivity index (χ1n) is 8.65. The topological polar surface area (TPSA) is 110 Å². The number of benzene rings is 3. The zero-order valence-corrected chi connectivity index (χ0v) is 16.3. The van der Waals surface area contributed by atoms with Crippen molar-refractivity contribution in [1.29, 1.82) is 0 Å². The normalized spacial score (nSPS) is 11.0. The lowest BCUT2D eigenvalue weighted by atomic mass is 10.3. The second kappa shape index (κ2) is 8.70. The molecule has 0 saturated carbocycles. The Labute approximate surface area is 171 Å². The van der Waals surface area contributed by atoms with Crippen LogP contribution in [0, 0.1) is 15.9 Å². The van der Waals surface area contributed by atoms with Crippen molar-refractivity contribution < 1.29 is 22.5 Å². The summed E-state index contributed by atoms with van der Waals surface area (Å²) in [5, 5.41) is 13.4. The molecule has 0 aliphatic rings. The summed E-state index contributed by atoms with van der Waals surface area (Å²) in [4.78, 5) is 22.7. The molecule has 0 heterocycles. The molecule has 0 unspecified atom stereocenters. The van der Waals surface area contributed by atoms with Gasteiger partial charge in [-0.15, -0.1) is 0 Å². The number of non-ortho nitro benzene ring substituents is 1. The van der Waals surface area contributed by atoms with Gasteiger partial charge in [-0.1, -0.05) is 18.2 Å². The highest BCUT2D eigenvalue weighted by atomic mass is 32.2. The molecule has 0 aromatic heterocycles. The molecule has 10 heteroatoms. The summed E-state index contributed by atoms with van der Waals surface area (Å²) in [6.07, 6.45) is 0. The van der Waals surface area contributed by atoms with Crippen LogP contribution in [0.5, 0.6) is 0 Å². The molecule has 0 fully saturated rings. The van der Waals surface area contributed by atoms with Crippen LogP contribution in [0.25, 0.3) is 0 Å². The predicted octanol–water partition coefficient (Wildman–Crippen LogP) is 3.57. The first kappa shape index (κ1) is 20.9. The SMILES string of the molecule is O=C(CN(c1ccc([N+](=O)[O-])cc1)S(=O)(=O)c1ccccc1)Nc1ccc(F)cc1. The van der Waals surface area contributed by atoms with E-state index in [0.29, 0.717) is 5.69 Å². The van der Waals surface area contributed by atoms with E-state index in [4.69, 9.17) is 0 Å². The molecule has 0 aliphatic heterocycles. The lowest BCUT2D eigenvalue weighted by Gasteiger charge is -2.24. The number of anilines is 2. The van der Waals surface area contributed by atoms with E-state index in [1.807, 2.05) is 0 Å². The maximum absolute atomic E-state index is 13.1. The smallest absolute Gasteiger partial charge is 0.269 e. The van der Waals surface area contributed by atoms with Gasteiger partial charge in [-0.3, -0.25) is 19.2 Å². The van der Waals surface area contributed by atoms with Crippen LogP contribution in [0.3, 0.4) is 0 Å². The van der Waals surface area contributed by atoms with Gasteiger partial charge in [0.1, 0.15) is 12.4 Å². The van der Waals surface area contributed by atoms with E-state index in [0.717, 1.165) is 28.6 Å². The zero-order valence-electron chi connectivity index (χ0n) is 15.4. The summed E-state index contributed by atoms with van der Waals surface area (Å²) in [7, 11) is -4.14. The van der Waals surface area contributed by atoms with Crippen molar-refractivity contribution in [1.82, 2.24) is 0 Å². The molecule has 0 aliphatic carbocycles. The number of hydrogen-bond acceptors (Lipinski definition) is 5. The summed E-state index contributed by atoms with van der Waals surface area (Å²) in [6.45, 7) is -0.591. The van der Waals surface area contributed by atoms with E-state index in [2.05, 4.69) is 5.32 Å². The number of nitro groups is 1. The Bertz CT molecular complexity index is 1150. The van der Waals surface area contributed by atoms with Gasteiger partial charge in [-0.2, -0.15) is 0 Å². The molecule has 8 nitrogen and oxygen atoms in total. The van der Waals surface area contributed by atoms with Crippen LogP contribution < -0.4 is 9.62 Å². The third kappa shape index (κ3) is 4.78. The van der Waals surface area contributed by atoms with Crippen LogP contribution in [0.2, 0.25) is 0 Å². The third-order valence-electron chi connectivity index (χ3n) is 4.09. The van der Waals surface area contributed by atoms with E-state index in [1.54, 1.807) is 18.2 Å². The summed E-state index contributed by atoms with van der Waals surface area (Å²) in [5.41, 5.74) is 0.160. The molecule has 3 aromatic rings. The van der Waals surface area contributed by atoms with Crippen LogP contribution in [-0.4, -0.2) is 25.8 Å². The molecular formula is C20H16FN3O5S. The van der Waals surface area contributed by atoms with Gasteiger partial charge in [0, 0.05) is 17.8 Å². The Hall–Kier alpha value is -3.79. The highest BCUT2D eigenvalue weighted by Gasteiger charge is 2.27. The molecule has 3 rings (SSSR count). The summed E-state index contributed by atoms with van der Waals surface area (Å²) >= 11 is 0. The predicted molar refractivity (Wildman–Crippen MR) is 109 cm³/mol. The van der Waals surface area contributed by atoms with Crippen molar-refractivity contribution in [3.63, 3.8) is 0 Å². The number of sulfonamides is 1. The number of nitro benzene ring substituents is 1. The quantitative estimate of drug-likeness (QED) is 0.456. The number of carbonyl (C=O) groups is 1. The Morgan fingerprint density at radius 1 is 0.967 bits per heavy atom. The third-order valence-corrected chi connectivity index (χ3v) is 5.88. The van der Waals surface area contributed by atoms with Crippen molar-refractivity contribution >= 4 is 33.0 Å². The maximum Gasteiger partial charge on any atom is 0.269 e. The first-order valence-corrected chi connectivity index (χ1v) is 10.1. The highest BCUT2D eigenvalue weighted by Crippen LogP contribution is 2.26. The molecule has 0 spiro atoms. The van der Waals surface area contributed by atoms with Gasteiger partial charge in [-0.25, -0.2) is 12.8 Å². The molecule has 1 amide bonds. The summed E-state index contributed by atoms with van der Waals surface area (Å²) in [6, 6.07) is 17.3. The number of nitrogens with one attached hydrogen (secondary N) is 1. The van der Waals surface area contributed by atoms with Gasteiger partial charge in [0.2, 0.25) is 5.91 Å². The molecular weight excluding hydrogens is 413 g/mol. The van der Waals surface area contributed by atoms with Gasteiger partial charge in [0.15, 0.2) is 0 Å². The first-order chi connectivity index (χ1) is 14.3. The second-order valence-corrected chi connectivity index (χ2v) is 8.02. The van der Waals surface area contributed by atoms with E-state index >= 15 is 0 Å². The molecule has 1 N–H and O–H groups in total. The average Bonchev–Trinajstić information content (AvgIpc) is 2.74. The van der Waals surface area contributed by atoms with Crippen LogP contribution in [0.15, 0.2) is 83.8 Å². The minimum atomic E-state index is -4.14. The van der Waals surface area contributed by atoms with Crippen molar-refractivity contribution in [2.75, 3.05) is 16.2 Å². The number of amides is 1. The monoisotopic (exact) mass is 429 g/mol. The average molecular weight is 429 g/mol. The van der Waals surface area contributed by atoms with E-state index in [-0.39, 0.29) is 16.3 Å². The fraction of sp³-hybridized carbons (Fsp3) is 0.0500. The highest BCUT2D eigenvalue weighted by molar-refractivity contribution is 7.92. The lowest BCUT2D eigenvalue weighted by Crippen LogP contribution is -2.38. The van der Waals surface area contributed by atoms with E-state index in [9.17, 15) is 27.7 Å². The Balaban J connectivity index is 1.93. The Kier molecular flexibility index (Phi) is 6.07. The van der Waals surface area contributed by atoms with Gasteiger partial charge in [0.25, 0.3) is 15.7 Å². The number of carbonyl (C=O) groups excluding carboxylic acids is 1. The molecule has 30 heavy (non-hydrogen) atoms. The zero-order chi connectivity index (χ0) is 21.7. The van der Waals surface area contributed by atoms with Crippen LogP contribution in [0.1, 0.15) is 0 Å². The van der Waals surface area contributed by atoms with Crippen molar-refractivity contribution in [3.8, 4) is 0 Å². The number of halogens is 1. The van der Waals surface area contributed by atoms with E-state index in [1.165, 1.54) is 36.4 Å². The van der Waals surface area contributed by atoms with Gasteiger partial charge in [-0.05, 0) is 48.5 Å². The maximum atomic E-state index is 13.1. The van der Waals surface area contributed by atoms with Crippen molar-refractivity contribution in [2.24, 2.45) is 0 Å². The molecule has 3 aromatic carbocycles. The second-order valence-electron chi connectivity index (χ2n) is 6.15. The van der Waals surface area contributed by atoms with Crippen molar-refractivity contribution in [2.45, 2.75) is 4.90 Å². The van der Waals surface area contributed by atoms with Gasteiger partial charge < -0.3 is 5.32 Å². The largest absolute Gasteiger partial charge is 0.325 e. The molecule has 154 valence electrons. The van der Waals surface area contributed by atoms with Crippen LogP contribution >= 0.6 is 0 Å². The molecule has 0 radical (unpaired) electrons. The van der Waals surface area contributed by atoms with Gasteiger partial charge >= 0.3 is 0 Å². The fourth-order valence-corrected chi connectivity index (χ4v) is 4.08. The minimum absolute atomic E-state index is 0.0436. The number of nitrogens with zero attached hydrogens (tertiary/aromatic N) is 2. The molecule has 0 atom stereocenters. The van der Waals surface area contributed by atoms with E-state index < -0.39 is 33.2 Å². The molecule has 0 saturated heterocycles. The van der Waals surface area contributed by atoms with Crippen molar-refractivity contribution in [3.05, 3.63) is 94.8 Å². The number of hydrogen-bond donors (Lipinski definition) is 1. The summed E-state index contributed by atoms with van der Waals surface area (Å²) < 4.78 is 40.2. The molecule has 0 bridgehead atoms. The lowest BCUT2D eigenvalue weighted by molar-refractivity contribution is -0.384. The fourth-order valence-electron chi connectivity index (χ4n) is 2.64. The minimum Gasteiger partial charge on any atom is -0.325 e. The summed E-state index contributed by atoms with van der Waals surface area (Å²) in [5.74, 6) is -1.15. The van der Waals surface area contributed by atoms with Crippen LogP contribution in [0.4, 0.5) is 21.5 Å². The Morgan fingerprint density at radius 2 is 1.57 bits per heavy atom. The van der Waals surface area contributed by atoms with Gasteiger partial charge in [0.05, 0.1) is 15.5 Å². The van der Waals surface area contributed by atoms with Crippen LogP contribution in [-0.2, 0) is 14.8 Å². The Morgan fingerprint density at radius 3 is 2.13 bits per heavy atom.